The Labute approximate surface area is 208 Å². The molecule has 0 spiro atoms. The Morgan fingerprint density at radius 3 is 2.44 bits per heavy atom. The maximum absolute atomic E-state index is 13.0. The molecule has 0 saturated carbocycles. The number of para-hydroxylation sites is 1. The molecule has 11 nitrogen and oxygen atoms in total. The Hall–Kier alpha value is -3.83. The highest BCUT2D eigenvalue weighted by atomic mass is 16.8. The molecule has 36 heavy (non-hydrogen) atoms. The maximum Gasteiger partial charge on any atom is 0.414 e. The molecule has 3 aliphatic rings. The van der Waals surface area contributed by atoms with Crippen LogP contribution in [0.4, 0.5) is 21.9 Å². The van der Waals surface area contributed by atoms with E-state index in [9.17, 15) is 24.8 Å². The lowest BCUT2D eigenvalue weighted by atomic mass is 9.99. The highest BCUT2D eigenvalue weighted by Gasteiger charge is 2.34. The van der Waals surface area contributed by atoms with Crippen LogP contribution in [0.3, 0.4) is 0 Å². The van der Waals surface area contributed by atoms with Crippen LogP contribution in [0, 0.1) is 5.21 Å². The SMILES string of the molecule is O=CN1CCN(C(=O)c2ccc(N3CCC(N4C(=O)OCc5ccccc54)CC3)c(N([O-])O)c2)CC1. The minimum atomic E-state index is -0.356. The third-order valence-corrected chi connectivity index (χ3v) is 7.15. The van der Waals surface area contributed by atoms with E-state index in [1.54, 1.807) is 26.8 Å². The fourth-order valence-electron chi connectivity index (χ4n) is 5.18. The standard InChI is InChI=1S/C25H28N5O6/c31-17-26-11-13-28(14-12-26)24(32)18-5-6-22(23(15-18)30(34)35)27-9-7-20(8-10-27)29-21-4-2-1-3-19(21)16-36-25(29)33/h1-6,15,17,20,34H,7-14,16H2/q-1. The summed E-state index contributed by atoms with van der Waals surface area (Å²) in [5.74, 6) is -0.254. The second kappa shape index (κ2) is 10.0. The molecule has 11 heteroatoms. The average Bonchev–Trinajstić information content (AvgIpc) is 2.92. The Bertz CT molecular complexity index is 1140. The van der Waals surface area contributed by atoms with Gasteiger partial charge in [0.1, 0.15) is 6.61 Å². The predicted molar refractivity (Wildman–Crippen MR) is 132 cm³/mol. The molecule has 0 unspecified atom stereocenters. The molecule has 190 valence electrons. The van der Waals surface area contributed by atoms with Crippen LogP contribution in [-0.4, -0.2) is 78.7 Å². The summed E-state index contributed by atoms with van der Waals surface area (Å²) in [5.41, 5.74) is 2.65. The van der Waals surface area contributed by atoms with E-state index in [0.29, 0.717) is 63.4 Å². The molecule has 3 heterocycles. The number of fused-ring (bicyclic) bond motifs is 1. The van der Waals surface area contributed by atoms with Crippen LogP contribution in [0.5, 0.6) is 0 Å². The lowest BCUT2D eigenvalue weighted by Gasteiger charge is -2.42. The Balaban J connectivity index is 1.29. The predicted octanol–water partition coefficient (Wildman–Crippen LogP) is 2.42. The van der Waals surface area contributed by atoms with E-state index in [-0.39, 0.29) is 35.6 Å². The molecule has 0 atom stereocenters. The highest BCUT2D eigenvalue weighted by molar-refractivity contribution is 5.96. The molecule has 0 aromatic heterocycles. The second-order valence-corrected chi connectivity index (χ2v) is 9.18. The molecular formula is C25H28N5O6-. The van der Waals surface area contributed by atoms with Crippen molar-refractivity contribution in [1.29, 1.82) is 0 Å². The van der Waals surface area contributed by atoms with E-state index < -0.39 is 0 Å². The first-order chi connectivity index (χ1) is 17.5. The van der Waals surface area contributed by atoms with Crippen LogP contribution in [-0.2, 0) is 16.1 Å². The molecule has 2 fully saturated rings. The molecule has 3 amide bonds. The number of ether oxygens (including phenoxy) is 1. The van der Waals surface area contributed by atoms with Gasteiger partial charge in [-0.25, -0.2) is 4.79 Å². The number of piperazine rings is 1. The molecular weight excluding hydrogens is 466 g/mol. The molecule has 0 bridgehead atoms. The van der Waals surface area contributed by atoms with Crippen molar-refractivity contribution in [3.8, 4) is 0 Å². The fraction of sp³-hybridized carbons (Fsp3) is 0.400. The monoisotopic (exact) mass is 494 g/mol. The van der Waals surface area contributed by atoms with Crippen molar-refractivity contribution in [2.24, 2.45) is 0 Å². The molecule has 2 saturated heterocycles. The smallest absolute Gasteiger partial charge is 0.414 e. The van der Waals surface area contributed by atoms with Crippen LogP contribution in [0.2, 0.25) is 0 Å². The number of amides is 3. The third kappa shape index (κ3) is 4.54. The first kappa shape index (κ1) is 23.9. The van der Waals surface area contributed by atoms with Crippen molar-refractivity contribution in [2.45, 2.75) is 25.5 Å². The normalized spacial score (nSPS) is 18.6. The van der Waals surface area contributed by atoms with Gasteiger partial charge in [0.15, 0.2) is 0 Å². The number of carbonyl (C=O) groups is 3. The van der Waals surface area contributed by atoms with Crippen molar-refractivity contribution in [2.75, 3.05) is 54.3 Å². The van der Waals surface area contributed by atoms with E-state index >= 15 is 0 Å². The summed E-state index contributed by atoms with van der Waals surface area (Å²) >= 11 is 0. The largest absolute Gasteiger partial charge is 0.733 e. The summed E-state index contributed by atoms with van der Waals surface area (Å²) in [6.07, 6.45) is 1.71. The van der Waals surface area contributed by atoms with Gasteiger partial charge >= 0.3 is 6.09 Å². The number of rotatable bonds is 5. The van der Waals surface area contributed by atoms with Crippen molar-refractivity contribution in [1.82, 2.24) is 9.80 Å². The highest BCUT2D eigenvalue weighted by Crippen LogP contribution is 2.35. The van der Waals surface area contributed by atoms with E-state index in [4.69, 9.17) is 4.74 Å². The minimum absolute atomic E-state index is 0.00597. The van der Waals surface area contributed by atoms with Gasteiger partial charge in [-0.15, -0.1) is 0 Å². The summed E-state index contributed by atoms with van der Waals surface area (Å²) < 4.78 is 5.37. The van der Waals surface area contributed by atoms with E-state index in [2.05, 4.69) is 0 Å². The zero-order valence-electron chi connectivity index (χ0n) is 19.8. The zero-order valence-corrected chi connectivity index (χ0v) is 19.8. The molecule has 0 radical (unpaired) electrons. The number of piperidine rings is 1. The lowest BCUT2D eigenvalue weighted by molar-refractivity contribution is -0.119. The van der Waals surface area contributed by atoms with Gasteiger partial charge in [-0.05, 0) is 37.1 Å². The van der Waals surface area contributed by atoms with Gasteiger partial charge in [-0.3, -0.25) is 19.7 Å². The summed E-state index contributed by atoms with van der Waals surface area (Å²) in [4.78, 5) is 43.4. The topological polar surface area (TPSA) is 120 Å². The zero-order chi connectivity index (χ0) is 25.2. The van der Waals surface area contributed by atoms with Crippen LogP contribution < -0.4 is 15.0 Å². The van der Waals surface area contributed by atoms with E-state index in [0.717, 1.165) is 17.7 Å². The number of nitrogens with zero attached hydrogens (tertiary/aromatic N) is 5. The Morgan fingerprint density at radius 2 is 1.75 bits per heavy atom. The van der Waals surface area contributed by atoms with Gasteiger partial charge < -0.3 is 29.9 Å². The molecule has 2 aromatic rings. The van der Waals surface area contributed by atoms with Crippen LogP contribution in [0.15, 0.2) is 42.5 Å². The van der Waals surface area contributed by atoms with Crippen LogP contribution >= 0.6 is 0 Å². The number of benzene rings is 2. The number of hydrogen-bond acceptors (Lipinski definition) is 8. The summed E-state index contributed by atoms with van der Waals surface area (Å²) in [6.45, 7) is 3.10. The number of carbonyl (C=O) groups excluding carboxylic acids is 3. The van der Waals surface area contributed by atoms with E-state index in [1.807, 2.05) is 29.2 Å². The number of anilines is 3. The van der Waals surface area contributed by atoms with Gasteiger partial charge in [0.05, 0.1) is 17.1 Å². The van der Waals surface area contributed by atoms with Gasteiger partial charge in [0.25, 0.3) is 5.91 Å². The van der Waals surface area contributed by atoms with Crippen molar-refractivity contribution >= 4 is 35.5 Å². The Kier molecular flexibility index (Phi) is 6.66. The molecule has 1 N–H and O–H groups in total. The second-order valence-electron chi connectivity index (χ2n) is 9.18. The summed E-state index contributed by atoms with van der Waals surface area (Å²) in [7, 11) is 0. The molecule has 2 aromatic carbocycles. The van der Waals surface area contributed by atoms with Crippen molar-refractivity contribution in [3.63, 3.8) is 0 Å². The molecule has 0 aliphatic carbocycles. The maximum atomic E-state index is 13.0. The van der Waals surface area contributed by atoms with Crippen LogP contribution in [0.1, 0.15) is 28.8 Å². The number of cyclic esters (lactones) is 1. The summed E-state index contributed by atoms with van der Waals surface area (Å²) in [6, 6.07) is 12.4. The molecule has 3 aliphatic heterocycles. The average molecular weight is 495 g/mol. The van der Waals surface area contributed by atoms with Crippen molar-refractivity contribution < 1.29 is 24.3 Å². The first-order valence-corrected chi connectivity index (χ1v) is 12.0. The van der Waals surface area contributed by atoms with Crippen LogP contribution in [0.25, 0.3) is 0 Å². The Morgan fingerprint density at radius 1 is 1.03 bits per heavy atom. The third-order valence-electron chi connectivity index (χ3n) is 7.15. The first-order valence-electron chi connectivity index (χ1n) is 12.0. The quantitative estimate of drug-likeness (QED) is 0.497. The number of hydrogen-bond donors (Lipinski definition) is 1. The van der Waals surface area contributed by atoms with Gasteiger partial charge in [-0.1, -0.05) is 18.2 Å². The fourth-order valence-corrected chi connectivity index (χ4v) is 5.18. The summed E-state index contributed by atoms with van der Waals surface area (Å²) in [5, 5.41) is 21.7. The molecule has 5 rings (SSSR count). The van der Waals surface area contributed by atoms with Gasteiger partial charge in [0.2, 0.25) is 6.41 Å². The lowest BCUT2D eigenvalue weighted by Crippen LogP contribution is -2.49. The van der Waals surface area contributed by atoms with Gasteiger partial charge in [0, 0.05) is 56.4 Å². The van der Waals surface area contributed by atoms with Gasteiger partial charge in [-0.2, -0.15) is 0 Å². The minimum Gasteiger partial charge on any atom is -0.733 e. The van der Waals surface area contributed by atoms with Crippen molar-refractivity contribution in [3.05, 3.63) is 58.8 Å². The van der Waals surface area contributed by atoms with E-state index in [1.165, 1.54) is 6.07 Å².